The van der Waals surface area contributed by atoms with E-state index in [1.165, 1.54) is 58.4 Å². The van der Waals surface area contributed by atoms with Crippen LogP contribution in [0.2, 0.25) is 0 Å². The topological polar surface area (TPSA) is 150 Å². The number of aromatic nitrogens is 1. The first kappa shape index (κ1) is 26.6. The molecular weight excluding hydrogens is 524 g/mol. The molecule has 0 spiro atoms. The number of nitro benzene ring substituents is 1. The number of rotatable bonds is 6. The van der Waals surface area contributed by atoms with E-state index in [-0.39, 0.29) is 52.8 Å². The number of hydrogen-bond donors (Lipinski definition) is 0. The smallest absolute Gasteiger partial charge is 0.325 e. The van der Waals surface area contributed by atoms with Gasteiger partial charge in [0.1, 0.15) is 6.54 Å². The van der Waals surface area contributed by atoms with Crippen molar-refractivity contribution >= 4 is 49.1 Å². The van der Waals surface area contributed by atoms with Crippen molar-refractivity contribution in [3.8, 4) is 0 Å². The molecule has 37 heavy (non-hydrogen) atoms. The van der Waals surface area contributed by atoms with Gasteiger partial charge in [0.2, 0.25) is 10.0 Å². The number of carbonyl (C=O) groups excluding carboxylic acids is 2. The summed E-state index contributed by atoms with van der Waals surface area (Å²) in [5, 5.41) is 11.2. The second kappa shape index (κ2) is 10.5. The predicted octanol–water partition coefficient (Wildman–Crippen LogP) is 2.32. The highest BCUT2D eigenvalue weighted by atomic mass is 32.2. The number of esters is 1. The molecule has 1 amide bonds. The third-order valence-electron chi connectivity index (χ3n) is 5.71. The summed E-state index contributed by atoms with van der Waals surface area (Å²) in [7, 11) is -2.57. The van der Waals surface area contributed by atoms with Gasteiger partial charge in [0, 0.05) is 30.8 Å². The molecule has 1 aromatic heterocycles. The molecule has 0 saturated carbocycles. The lowest BCUT2D eigenvalue weighted by Gasteiger charge is -2.34. The largest absolute Gasteiger partial charge is 0.468 e. The molecule has 2 atom stereocenters. The van der Waals surface area contributed by atoms with E-state index in [1.54, 1.807) is 13.8 Å². The van der Waals surface area contributed by atoms with Crippen LogP contribution in [0, 0.1) is 10.1 Å². The van der Waals surface area contributed by atoms with E-state index in [4.69, 9.17) is 9.47 Å². The van der Waals surface area contributed by atoms with Crippen molar-refractivity contribution < 1.29 is 32.4 Å². The van der Waals surface area contributed by atoms with Crippen molar-refractivity contribution in [2.24, 2.45) is 4.99 Å². The van der Waals surface area contributed by atoms with Crippen LogP contribution in [0.15, 0.2) is 52.4 Å². The van der Waals surface area contributed by atoms with E-state index >= 15 is 0 Å². The van der Waals surface area contributed by atoms with Crippen molar-refractivity contribution in [2.75, 3.05) is 20.2 Å². The molecule has 0 bridgehead atoms. The lowest BCUT2D eigenvalue weighted by atomic mass is 10.2. The number of morpholine rings is 1. The Morgan fingerprint density at radius 3 is 2.41 bits per heavy atom. The molecule has 1 aliphatic rings. The van der Waals surface area contributed by atoms with Gasteiger partial charge in [-0.25, -0.2) is 8.42 Å². The lowest BCUT2D eigenvalue weighted by molar-refractivity contribution is -0.384. The van der Waals surface area contributed by atoms with Crippen molar-refractivity contribution in [1.82, 2.24) is 8.87 Å². The van der Waals surface area contributed by atoms with Gasteiger partial charge in [-0.15, -0.1) is 0 Å². The molecule has 0 radical (unpaired) electrons. The monoisotopic (exact) mass is 548 g/mol. The van der Waals surface area contributed by atoms with Gasteiger partial charge in [0.15, 0.2) is 4.80 Å². The number of ether oxygens (including phenoxy) is 2. The Labute approximate surface area is 216 Å². The van der Waals surface area contributed by atoms with Gasteiger partial charge >= 0.3 is 5.97 Å². The van der Waals surface area contributed by atoms with E-state index in [0.29, 0.717) is 10.2 Å². The molecule has 2 aromatic carbocycles. The molecule has 2 unspecified atom stereocenters. The number of benzene rings is 2. The summed E-state index contributed by atoms with van der Waals surface area (Å²) in [6, 6.07) is 9.57. The lowest BCUT2D eigenvalue weighted by Crippen LogP contribution is -2.48. The molecule has 2 heterocycles. The number of nitrogens with zero attached hydrogens (tertiary/aromatic N) is 4. The van der Waals surface area contributed by atoms with Gasteiger partial charge < -0.3 is 14.0 Å². The number of hydrogen-bond acceptors (Lipinski definition) is 9. The highest BCUT2D eigenvalue weighted by Crippen LogP contribution is 2.24. The average molecular weight is 549 g/mol. The Hall–Kier alpha value is -3.46. The molecule has 4 rings (SSSR count). The minimum absolute atomic E-state index is 0.0419. The molecule has 1 saturated heterocycles. The highest BCUT2D eigenvalue weighted by Gasteiger charge is 2.32. The van der Waals surface area contributed by atoms with E-state index < -0.39 is 26.8 Å². The van der Waals surface area contributed by atoms with Crippen LogP contribution < -0.4 is 4.80 Å². The van der Waals surface area contributed by atoms with Crippen molar-refractivity contribution in [3.63, 3.8) is 0 Å². The summed E-state index contributed by atoms with van der Waals surface area (Å²) in [6.07, 6.45) is -0.477. The molecule has 1 aliphatic heterocycles. The molecule has 3 aromatic rings. The highest BCUT2D eigenvalue weighted by molar-refractivity contribution is 7.89. The number of sulfonamides is 1. The van der Waals surface area contributed by atoms with Crippen LogP contribution >= 0.6 is 11.3 Å². The van der Waals surface area contributed by atoms with Crippen LogP contribution in [0.5, 0.6) is 0 Å². The Morgan fingerprint density at radius 1 is 1.16 bits per heavy atom. The first-order chi connectivity index (χ1) is 17.5. The van der Waals surface area contributed by atoms with Gasteiger partial charge in [0.05, 0.1) is 39.4 Å². The predicted molar refractivity (Wildman–Crippen MR) is 134 cm³/mol. The first-order valence-corrected chi connectivity index (χ1v) is 13.4. The number of thiazole rings is 1. The molecule has 1 fully saturated rings. The third kappa shape index (κ3) is 5.61. The fourth-order valence-corrected chi connectivity index (χ4v) is 6.60. The van der Waals surface area contributed by atoms with E-state index in [0.717, 1.165) is 11.3 Å². The van der Waals surface area contributed by atoms with E-state index in [2.05, 4.69) is 4.99 Å². The van der Waals surface area contributed by atoms with Gasteiger partial charge in [-0.3, -0.25) is 19.7 Å². The van der Waals surface area contributed by atoms with Crippen molar-refractivity contribution in [1.29, 1.82) is 0 Å². The van der Waals surface area contributed by atoms with Crippen LogP contribution in [0.3, 0.4) is 0 Å². The van der Waals surface area contributed by atoms with E-state index in [1.807, 2.05) is 0 Å². The zero-order chi connectivity index (χ0) is 26.9. The Bertz CT molecular complexity index is 1530. The standard InChI is InChI=1S/C23H24N4O8S2/c1-14-11-25(12-15(2)35-14)37(32,33)18-7-4-16(5-8-18)22(29)24-23-26(13-21(28)34-3)19-10-17(27(30)31)6-9-20(19)36-23/h4-10,14-15H,11-13H2,1-3H3. The maximum atomic E-state index is 13.1. The quantitative estimate of drug-likeness (QED) is 0.259. The van der Waals surface area contributed by atoms with Gasteiger partial charge in [-0.2, -0.15) is 9.30 Å². The van der Waals surface area contributed by atoms with Crippen LogP contribution in [-0.4, -0.2) is 66.5 Å². The summed E-state index contributed by atoms with van der Waals surface area (Å²) in [5.41, 5.74) is 0.310. The number of nitro groups is 1. The number of methoxy groups -OCH3 is 1. The average Bonchev–Trinajstić information content (AvgIpc) is 3.19. The summed E-state index contributed by atoms with van der Waals surface area (Å²) in [5.74, 6) is -1.29. The summed E-state index contributed by atoms with van der Waals surface area (Å²) in [4.78, 5) is 39.9. The normalized spacial score (nSPS) is 19.2. The van der Waals surface area contributed by atoms with Gasteiger partial charge in [-0.1, -0.05) is 11.3 Å². The number of non-ortho nitro benzene ring substituents is 1. The Morgan fingerprint density at radius 2 is 1.81 bits per heavy atom. The van der Waals surface area contributed by atoms with Crippen LogP contribution in [0.4, 0.5) is 5.69 Å². The van der Waals surface area contributed by atoms with Crippen molar-refractivity contribution in [2.45, 2.75) is 37.5 Å². The fraction of sp³-hybridized carbons (Fsp3) is 0.348. The minimum Gasteiger partial charge on any atom is -0.468 e. The first-order valence-electron chi connectivity index (χ1n) is 11.2. The molecular formula is C23H24N4O8S2. The SMILES string of the molecule is COC(=O)Cn1c(=NC(=O)c2ccc(S(=O)(=O)N3CC(C)OC(C)C3)cc2)sc2ccc([N+](=O)[O-])cc21. The van der Waals surface area contributed by atoms with Gasteiger partial charge in [0.25, 0.3) is 11.6 Å². The summed E-state index contributed by atoms with van der Waals surface area (Å²) >= 11 is 1.08. The molecule has 196 valence electrons. The van der Waals surface area contributed by atoms with Crippen LogP contribution in [0.25, 0.3) is 10.2 Å². The number of amides is 1. The number of fused-ring (bicyclic) bond motifs is 1. The zero-order valence-corrected chi connectivity index (χ0v) is 21.8. The van der Waals surface area contributed by atoms with E-state index in [9.17, 15) is 28.1 Å². The summed E-state index contributed by atoms with van der Waals surface area (Å²) in [6.45, 7) is 3.76. The van der Waals surface area contributed by atoms with Crippen LogP contribution in [0.1, 0.15) is 24.2 Å². The Balaban J connectivity index is 1.67. The second-order valence-corrected chi connectivity index (χ2v) is 11.4. The maximum Gasteiger partial charge on any atom is 0.325 e. The molecule has 12 nitrogen and oxygen atoms in total. The summed E-state index contributed by atoms with van der Waals surface area (Å²) < 4.78 is 39.8. The Kier molecular flexibility index (Phi) is 7.54. The molecule has 0 N–H and O–H groups in total. The maximum absolute atomic E-state index is 13.1. The molecule has 0 aliphatic carbocycles. The van der Waals surface area contributed by atoms with Crippen molar-refractivity contribution in [3.05, 3.63) is 62.9 Å². The van der Waals surface area contributed by atoms with Gasteiger partial charge in [-0.05, 0) is 44.2 Å². The fourth-order valence-electron chi connectivity index (χ4n) is 4.00. The number of carbonyl (C=O) groups is 2. The molecule has 14 heteroatoms. The minimum atomic E-state index is -3.78. The second-order valence-electron chi connectivity index (χ2n) is 8.48. The third-order valence-corrected chi connectivity index (χ3v) is 8.62. The zero-order valence-electron chi connectivity index (χ0n) is 20.2. The van der Waals surface area contributed by atoms with Crippen LogP contribution in [-0.2, 0) is 30.8 Å².